The average molecular weight is 242 g/mol. The van der Waals surface area contributed by atoms with Crippen LogP contribution >= 0.6 is 11.8 Å². The third-order valence-corrected chi connectivity index (χ3v) is 2.86. The second-order valence-corrected chi connectivity index (χ2v) is 4.85. The molecule has 0 aromatic heterocycles. The van der Waals surface area contributed by atoms with Gasteiger partial charge in [-0.3, -0.25) is 0 Å². The Bertz CT molecular complexity index is 198. The van der Waals surface area contributed by atoms with Crippen LogP contribution in [0.25, 0.3) is 0 Å². The largest absolute Gasteiger partial charge is 0.379 e. The Kier molecular flexibility index (Phi) is 21.9. The lowest BCUT2D eigenvalue weighted by Crippen LogP contribution is -2.21. The summed E-state index contributed by atoms with van der Waals surface area (Å²) in [4.78, 5) is 0. The Balaban J connectivity index is -0.000000289. The molecule has 0 spiro atoms. The highest BCUT2D eigenvalue weighted by atomic mass is 32.2. The van der Waals surface area contributed by atoms with Crippen molar-refractivity contribution in [3.8, 4) is 24.7 Å². The van der Waals surface area contributed by atoms with Crippen LogP contribution in [-0.4, -0.2) is 21.7 Å². The van der Waals surface area contributed by atoms with Gasteiger partial charge in [-0.2, -0.15) is 11.8 Å². The van der Waals surface area contributed by atoms with Crippen LogP contribution in [0.15, 0.2) is 0 Å². The van der Waals surface area contributed by atoms with Gasteiger partial charge >= 0.3 is 0 Å². The molecule has 2 heteroatoms. The molecule has 0 saturated carbocycles. The number of rotatable bonds is 4. The van der Waals surface area contributed by atoms with Crippen molar-refractivity contribution < 1.29 is 5.11 Å². The summed E-state index contributed by atoms with van der Waals surface area (Å²) >= 11 is 1.74. The van der Waals surface area contributed by atoms with Crippen LogP contribution < -0.4 is 0 Å². The Morgan fingerprint density at radius 3 is 1.81 bits per heavy atom. The molecule has 0 radical (unpaired) electrons. The standard InChI is InChI=1S/C9H16OS.C3H4.C2H6/c1-5-8(10)9(6-2)11-7(3)4;1-3-2;1-2/h1,7-10H,6H2,2-4H3;1H,2H3;1-2H3. The van der Waals surface area contributed by atoms with E-state index in [4.69, 9.17) is 6.42 Å². The molecule has 0 saturated heterocycles. The third-order valence-electron chi connectivity index (χ3n) is 1.37. The first-order valence-corrected chi connectivity index (χ1v) is 6.64. The van der Waals surface area contributed by atoms with Crippen molar-refractivity contribution in [2.24, 2.45) is 0 Å². The van der Waals surface area contributed by atoms with E-state index in [0.29, 0.717) is 5.25 Å². The molecule has 0 aliphatic rings. The van der Waals surface area contributed by atoms with Crippen LogP contribution in [-0.2, 0) is 0 Å². The highest BCUT2D eigenvalue weighted by Crippen LogP contribution is 2.22. The quantitative estimate of drug-likeness (QED) is 0.761. The fourth-order valence-electron chi connectivity index (χ4n) is 0.851. The maximum absolute atomic E-state index is 9.31. The van der Waals surface area contributed by atoms with E-state index in [0.717, 1.165) is 6.42 Å². The average Bonchev–Trinajstić information content (AvgIpc) is 2.28. The van der Waals surface area contributed by atoms with E-state index < -0.39 is 6.10 Å². The van der Waals surface area contributed by atoms with Crippen LogP contribution in [0.2, 0.25) is 0 Å². The predicted molar refractivity (Wildman–Crippen MR) is 77.5 cm³/mol. The van der Waals surface area contributed by atoms with Crippen LogP contribution in [0.4, 0.5) is 0 Å². The molecule has 1 nitrogen and oxygen atoms in total. The predicted octanol–water partition coefficient (Wildman–Crippen LogP) is 3.57. The first kappa shape index (κ1) is 20.8. The lowest BCUT2D eigenvalue weighted by Gasteiger charge is -2.18. The molecular weight excluding hydrogens is 216 g/mol. The van der Waals surface area contributed by atoms with Gasteiger partial charge < -0.3 is 5.11 Å². The molecule has 0 aromatic rings. The second-order valence-electron chi connectivity index (χ2n) is 3.03. The molecule has 94 valence electrons. The Morgan fingerprint density at radius 2 is 1.62 bits per heavy atom. The van der Waals surface area contributed by atoms with E-state index in [-0.39, 0.29) is 5.25 Å². The Labute approximate surface area is 106 Å². The minimum Gasteiger partial charge on any atom is -0.379 e. The molecule has 0 bridgehead atoms. The molecule has 0 rings (SSSR count). The molecule has 0 fully saturated rings. The van der Waals surface area contributed by atoms with Gasteiger partial charge in [-0.1, -0.05) is 40.5 Å². The molecule has 2 unspecified atom stereocenters. The van der Waals surface area contributed by atoms with E-state index in [2.05, 4.69) is 32.1 Å². The van der Waals surface area contributed by atoms with Crippen LogP contribution in [0.5, 0.6) is 0 Å². The maximum Gasteiger partial charge on any atom is 0.126 e. The molecule has 16 heavy (non-hydrogen) atoms. The molecule has 1 N–H and O–H groups in total. The topological polar surface area (TPSA) is 20.2 Å². The SMILES string of the molecule is C#CC.C#CC(O)C(CC)SC(C)C.CC. The van der Waals surface area contributed by atoms with Gasteiger partial charge in [0.1, 0.15) is 6.10 Å². The molecule has 0 aromatic carbocycles. The van der Waals surface area contributed by atoms with Gasteiger partial charge in [0.15, 0.2) is 0 Å². The van der Waals surface area contributed by atoms with E-state index in [1.807, 2.05) is 20.8 Å². The number of thioether (sulfide) groups is 1. The molecule has 2 atom stereocenters. The Hall–Kier alpha value is -0.570. The van der Waals surface area contributed by atoms with E-state index in [1.54, 1.807) is 18.7 Å². The fraction of sp³-hybridized carbons (Fsp3) is 0.714. The zero-order valence-corrected chi connectivity index (χ0v) is 12.3. The lowest BCUT2D eigenvalue weighted by molar-refractivity contribution is 0.227. The molecule has 0 aliphatic carbocycles. The Morgan fingerprint density at radius 1 is 1.25 bits per heavy atom. The van der Waals surface area contributed by atoms with Crippen LogP contribution in [0.3, 0.4) is 0 Å². The van der Waals surface area contributed by atoms with Crippen molar-refractivity contribution >= 4 is 11.8 Å². The third kappa shape index (κ3) is 15.9. The summed E-state index contributed by atoms with van der Waals surface area (Å²) in [5.41, 5.74) is 0. The number of hydrogen-bond donors (Lipinski definition) is 1. The maximum atomic E-state index is 9.31. The number of hydrogen-bond acceptors (Lipinski definition) is 2. The molecule has 0 aliphatic heterocycles. The summed E-state index contributed by atoms with van der Waals surface area (Å²) in [7, 11) is 0. The summed E-state index contributed by atoms with van der Waals surface area (Å²) in [5.74, 6) is 4.61. The highest BCUT2D eigenvalue weighted by molar-refractivity contribution is 8.00. The molecular formula is C14H26OS. The number of terminal acetylenes is 2. The first-order valence-electron chi connectivity index (χ1n) is 5.70. The van der Waals surface area contributed by atoms with Crippen molar-refractivity contribution in [2.45, 2.75) is 64.6 Å². The van der Waals surface area contributed by atoms with Crippen molar-refractivity contribution in [3.05, 3.63) is 0 Å². The number of aliphatic hydroxyl groups is 1. The summed E-state index contributed by atoms with van der Waals surface area (Å²) in [5, 5.41) is 10.0. The summed E-state index contributed by atoms with van der Waals surface area (Å²) in [6.07, 6.45) is 10.0. The zero-order valence-electron chi connectivity index (χ0n) is 11.4. The van der Waals surface area contributed by atoms with Crippen LogP contribution in [0.1, 0.15) is 48.0 Å². The van der Waals surface area contributed by atoms with Gasteiger partial charge in [0.05, 0.1) is 0 Å². The minimum absolute atomic E-state index is 0.194. The number of aliphatic hydroxyl groups excluding tert-OH is 1. The van der Waals surface area contributed by atoms with Crippen molar-refractivity contribution in [2.75, 3.05) is 0 Å². The first-order chi connectivity index (χ1) is 7.53. The van der Waals surface area contributed by atoms with Gasteiger partial charge in [-0.15, -0.1) is 18.8 Å². The van der Waals surface area contributed by atoms with Gasteiger partial charge in [-0.25, -0.2) is 0 Å². The summed E-state index contributed by atoms with van der Waals surface area (Å²) in [6.45, 7) is 11.9. The zero-order chi connectivity index (χ0) is 13.6. The van der Waals surface area contributed by atoms with Gasteiger partial charge in [0.2, 0.25) is 0 Å². The van der Waals surface area contributed by atoms with E-state index >= 15 is 0 Å². The highest BCUT2D eigenvalue weighted by Gasteiger charge is 2.16. The normalized spacial score (nSPS) is 11.9. The second kappa shape index (κ2) is 16.8. The minimum atomic E-state index is -0.590. The van der Waals surface area contributed by atoms with Gasteiger partial charge in [0.25, 0.3) is 0 Å². The smallest absolute Gasteiger partial charge is 0.126 e. The monoisotopic (exact) mass is 242 g/mol. The van der Waals surface area contributed by atoms with Crippen molar-refractivity contribution in [3.63, 3.8) is 0 Å². The van der Waals surface area contributed by atoms with Gasteiger partial charge in [-0.05, 0) is 18.6 Å². The van der Waals surface area contributed by atoms with Crippen molar-refractivity contribution in [1.29, 1.82) is 0 Å². The lowest BCUT2D eigenvalue weighted by atomic mass is 10.2. The summed E-state index contributed by atoms with van der Waals surface area (Å²) in [6, 6.07) is 0. The fourth-order valence-corrected chi connectivity index (χ4v) is 1.97. The molecule has 0 amide bonds. The van der Waals surface area contributed by atoms with E-state index in [1.165, 1.54) is 0 Å². The van der Waals surface area contributed by atoms with E-state index in [9.17, 15) is 5.11 Å². The van der Waals surface area contributed by atoms with Crippen LogP contribution in [0, 0.1) is 24.7 Å². The molecule has 0 heterocycles. The van der Waals surface area contributed by atoms with Gasteiger partial charge in [0, 0.05) is 5.25 Å². The summed E-state index contributed by atoms with van der Waals surface area (Å²) < 4.78 is 0. The van der Waals surface area contributed by atoms with Crippen molar-refractivity contribution in [1.82, 2.24) is 0 Å².